The van der Waals surface area contributed by atoms with Gasteiger partial charge >= 0.3 is 0 Å². The second kappa shape index (κ2) is 12.0. The van der Waals surface area contributed by atoms with Crippen LogP contribution in [0.4, 0.5) is 0 Å². The lowest BCUT2D eigenvalue weighted by atomic mass is 9.79. The number of nitrogens with one attached hydrogen (secondary N) is 2. The van der Waals surface area contributed by atoms with Crippen molar-refractivity contribution >= 4 is 41.7 Å². The Kier molecular flexibility index (Phi) is 10.8. The Hall–Kier alpha value is -0.670. The normalized spacial score (nSPS) is 21.8. The molecule has 0 heterocycles. The number of aliphatic imine (C=N–C) groups is 1. The van der Waals surface area contributed by atoms with E-state index in [2.05, 4.69) is 47.7 Å². The van der Waals surface area contributed by atoms with Crippen molar-refractivity contribution in [3.8, 4) is 5.75 Å². The van der Waals surface area contributed by atoms with Crippen molar-refractivity contribution in [3.05, 3.63) is 29.3 Å². The van der Waals surface area contributed by atoms with Crippen LogP contribution in [0.3, 0.4) is 0 Å². The summed E-state index contributed by atoms with van der Waals surface area (Å²) < 4.78 is 5.74. The molecule has 1 aromatic rings. The van der Waals surface area contributed by atoms with Crippen molar-refractivity contribution in [3.63, 3.8) is 0 Å². The van der Waals surface area contributed by atoms with Gasteiger partial charge in [-0.05, 0) is 51.0 Å². The van der Waals surface area contributed by atoms with E-state index in [9.17, 15) is 5.11 Å². The van der Waals surface area contributed by atoms with E-state index in [0.717, 1.165) is 42.4 Å². The molecule has 0 aromatic heterocycles. The minimum Gasteiger partial charge on any atom is -0.494 e. The lowest BCUT2D eigenvalue weighted by Gasteiger charge is -2.45. The molecule has 0 saturated heterocycles. The molecule has 3 N–H and O–H groups in total. The monoisotopic (exact) mass is 507 g/mol. The SMILES string of the molecule is CCNC(=NCc1ccc(C)cc1OCC)NCC1(O)CCC1SCC.I. The average molecular weight is 507 g/mol. The fourth-order valence-corrected chi connectivity index (χ4v) is 4.26. The van der Waals surface area contributed by atoms with Crippen molar-refractivity contribution in [2.24, 2.45) is 4.99 Å². The van der Waals surface area contributed by atoms with Gasteiger partial charge in [-0.2, -0.15) is 11.8 Å². The molecule has 27 heavy (non-hydrogen) atoms. The number of aliphatic hydroxyl groups is 1. The molecule has 0 aliphatic heterocycles. The minimum atomic E-state index is -0.628. The number of aryl methyl sites for hydroxylation is 1. The van der Waals surface area contributed by atoms with Crippen LogP contribution in [-0.2, 0) is 6.54 Å². The summed E-state index contributed by atoms with van der Waals surface area (Å²) in [5.41, 5.74) is 1.62. The molecule has 7 heteroatoms. The Bertz CT molecular complexity index is 615. The third-order valence-electron chi connectivity index (χ3n) is 4.64. The summed E-state index contributed by atoms with van der Waals surface area (Å²) in [6, 6.07) is 6.20. The van der Waals surface area contributed by atoms with E-state index in [4.69, 9.17) is 4.74 Å². The number of hydrogen-bond acceptors (Lipinski definition) is 4. The van der Waals surface area contributed by atoms with E-state index in [0.29, 0.717) is 24.9 Å². The molecule has 0 spiro atoms. The van der Waals surface area contributed by atoms with Gasteiger partial charge in [0.15, 0.2) is 5.96 Å². The molecule has 1 aliphatic carbocycles. The average Bonchev–Trinajstić information content (AvgIpc) is 2.62. The van der Waals surface area contributed by atoms with Crippen molar-refractivity contribution in [2.45, 2.75) is 57.9 Å². The predicted molar refractivity (Wildman–Crippen MR) is 127 cm³/mol. The lowest BCUT2D eigenvalue weighted by molar-refractivity contribution is -0.0198. The smallest absolute Gasteiger partial charge is 0.191 e. The maximum absolute atomic E-state index is 10.8. The van der Waals surface area contributed by atoms with Gasteiger partial charge in [0, 0.05) is 23.9 Å². The number of thioether (sulfide) groups is 1. The Labute approximate surface area is 185 Å². The molecule has 2 rings (SSSR count). The molecular weight excluding hydrogens is 473 g/mol. The maximum Gasteiger partial charge on any atom is 0.191 e. The Balaban J connectivity index is 0.00000364. The molecule has 0 bridgehead atoms. The van der Waals surface area contributed by atoms with E-state index < -0.39 is 5.60 Å². The Morgan fingerprint density at radius 1 is 1.33 bits per heavy atom. The lowest BCUT2D eigenvalue weighted by Crippen LogP contribution is -2.58. The Morgan fingerprint density at radius 3 is 2.70 bits per heavy atom. The molecule has 1 fully saturated rings. The summed E-state index contributed by atoms with van der Waals surface area (Å²) in [5.74, 6) is 2.66. The van der Waals surface area contributed by atoms with Crippen molar-refractivity contribution < 1.29 is 9.84 Å². The molecular formula is C20H34IN3O2S. The first-order valence-electron chi connectivity index (χ1n) is 9.60. The summed E-state index contributed by atoms with van der Waals surface area (Å²) in [6.45, 7) is 10.7. The summed E-state index contributed by atoms with van der Waals surface area (Å²) in [5, 5.41) is 17.7. The highest BCUT2D eigenvalue weighted by Gasteiger charge is 2.45. The van der Waals surface area contributed by atoms with Gasteiger partial charge in [0.2, 0.25) is 0 Å². The zero-order valence-corrected chi connectivity index (χ0v) is 20.0. The molecule has 154 valence electrons. The highest BCUT2D eigenvalue weighted by atomic mass is 127. The van der Waals surface area contributed by atoms with Gasteiger partial charge in [-0.3, -0.25) is 0 Å². The summed E-state index contributed by atoms with van der Waals surface area (Å²) >= 11 is 1.84. The third kappa shape index (κ3) is 7.02. The van der Waals surface area contributed by atoms with Gasteiger partial charge in [-0.1, -0.05) is 19.1 Å². The molecule has 1 saturated carbocycles. The standard InChI is InChI=1S/C20H33N3O2S.HI/c1-5-21-19(23-14-20(24)11-10-18(20)26-7-3)22-13-16-9-8-15(4)12-17(16)25-6-2;/h8-9,12,18,24H,5-7,10-11,13-14H2,1-4H3,(H2,21,22,23);1H. The Morgan fingerprint density at radius 2 is 2.11 bits per heavy atom. The van der Waals surface area contributed by atoms with Gasteiger partial charge in [0.1, 0.15) is 5.75 Å². The van der Waals surface area contributed by atoms with Gasteiger partial charge in [0.25, 0.3) is 0 Å². The van der Waals surface area contributed by atoms with E-state index in [1.165, 1.54) is 5.56 Å². The first-order valence-corrected chi connectivity index (χ1v) is 10.7. The number of benzene rings is 1. The van der Waals surface area contributed by atoms with Crippen LogP contribution < -0.4 is 15.4 Å². The van der Waals surface area contributed by atoms with Crippen LogP contribution in [0.15, 0.2) is 23.2 Å². The van der Waals surface area contributed by atoms with Gasteiger partial charge in [-0.25, -0.2) is 4.99 Å². The first kappa shape index (κ1) is 24.4. The largest absolute Gasteiger partial charge is 0.494 e. The van der Waals surface area contributed by atoms with Gasteiger partial charge in [-0.15, -0.1) is 24.0 Å². The van der Waals surface area contributed by atoms with E-state index in [1.54, 1.807) is 0 Å². The zero-order valence-electron chi connectivity index (χ0n) is 16.9. The summed E-state index contributed by atoms with van der Waals surface area (Å²) in [4.78, 5) is 4.69. The second-order valence-corrected chi connectivity index (χ2v) is 8.16. The van der Waals surface area contributed by atoms with Crippen molar-refractivity contribution in [1.29, 1.82) is 0 Å². The number of halogens is 1. The van der Waals surface area contributed by atoms with E-state index in [1.807, 2.05) is 25.6 Å². The molecule has 0 amide bonds. The number of ether oxygens (including phenoxy) is 1. The third-order valence-corrected chi connectivity index (χ3v) is 6.05. The molecule has 2 unspecified atom stereocenters. The quantitative estimate of drug-likeness (QED) is 0.270. The molecule has 0 radical (unpaired) electrons. The summed E-state index contributed by atoms with van der Waals surface area (Å²) in [6.07, 6.45) is 1.94. The fourth-order valence-electron chi connectivity index (χ4n) is 3.06. The zero-order chi connectivity index (χ0) is 19.0. The second-order valence-electron chi connectivity index (χ2n) is 6.68. The van der Waals surface area contributed by atoms with Gasteiger partial charge < -0.3 is 20.5 Å². The number of nitrogens with zero attached hydrogens (tertiary/aromatic N) is 1. The molecule has 2 atom stereocenters. The minimum absolute atomic E-state index is 0. The fraction of sp³-hybridized carbons (Fsp3) is 0.650. The number of rotatable bonds is 9. The number of guanidine groups is 1. The van der Waals surface area contributed by atoms with Crippen LogP contribution in [-0.4, -0.2) is 47.4 Å². The van der Waals surface area contributed by atoms with Crippen LogP contribution in [0.1, 0.15) is 44.7 Å². The van der Waals surface area contributed by atoms with Crippen LogP contribution >= 0.6 is 35.7 Å². The topological polar surface area (TPSA) is 65.9 Å². The predicted octanol–water partition coefficient (Wildman–Crippen LogP) is 3.71. The highest BCUT2D eigenvalue weighted by Crippen LogP contribution is 2.40. The first-order chi connectivity index (χ1) is 12.5. The summed E-state index contributed by atoms with van der Waals surface area (Å²) in [7, 11) is 0. The van der Waals surface area contributed by atoms with Gasteiger partial charge in [0.05, 0.1) is 18.8 Å². The van der Waals surface area contributed by atoms with Crippen molar-refractivity contribution in [2.75, 3.05) is 25.4 Å². The van der Waals surface area contributed by atoms with Crippen LogP contribution in [0.5, 0.6) is 5.75 Å². The molecule has 1 aromatic carbocycles. The highest BCUT2D eigenvalue weighted by molar-refractivity contribution is 14.0. The molecule has 5 nitrogen and oxygen atoms in total. The van der Waals surface area contributed by atoms with Crippen LogP contribution in [0.2, 0.25) is 0 Å². The van der Waals surface area contributed by atoms with Crippen molar-refractivity contribution in [1.82, 2.24) is 10.6 Å². The van der Waals surface area contributed by atoms with Crippen LogP contribution in [0.25, 0.3) is 0 Å². The maximum atomic E-state index is 10.8. The number of hydrogen-bond donors (Lipinski definition) is 3. The van der Waals surface area contributed by atoms with E-state index in [-0.39, 0.29) is 24.0 Å². The van der Waals surface area contributed by atoms with Crippen LogP contribution in [0, 0.1) is 6.92 Å². The van der Waals surface area contributed by atoms with E-state index >= 15 is 0 Å². The molecule has 1 aliphatic rings.